The van der Waals surface area contributed by atoms with Gasteiger partial charge in [-0.25, -0.2) is 0 Å². The van der Waals surface area contributed by atoms with Gasteiger partial charge in [0, 0.05) is 38.3 Å². The molecule has 0 spiro atoms. The van der Waals surface area contributed by atoms with Crippen LogP contribution in [0.25, 0.3) is 0 Å². The van der Waals surface area contributed by atoms with Crippen molar-refractivity contribution in [1.29, 1.82) is 0 Å². The van der Waals surface area contributed by atoms with Crippen LogP contribution in [0.1, 0.15) is 37.3 Å². The fourth-order valence-corrected chi connectivity index (χ4v) is 3.89. The van der Waals surface area contributed by atoms with Gasteiger partial charge >= 0.3 is 5.69 Å². The Labute approximate surface area is 130 Å². The summed E-state index contributed by atoms with van der Waals surface area (Å²) in [6, 6.07) is 5.12. The zero-order chi connectivity index (χ0) is 15.5. The van der Waals surface area contributed by atoms with Gasteiger partial charge in [-0.1, -0.05) is 18.9 Å². The van der Waals surface area contributed by atoms with Gasteiger partial charge in [-0.2, -0.15) is 0 Å². The van der Waals surface area contributed by atoms with E-state index in [1.165, 1.54) is 31.7 Å². The Kier molecular flexibility index (Phi) is 4.59. The van der Waals surface area contributed by atoms with Crippen molar-refractivity contribution in [3.63, 3.8) is 0 Å². The highest BCUT2D eigenvalue weighted by Crippen LogP contribution is 2.41. The van der Waals surface area contributed by atoms with Crippen LogP contribution in [0.3, 0.4) is 0 Å². The number of nitro benzene ring substituents is 1. The van der Waals surface area contributed by atoms with E-state index in [1.807, 2.05) is 6.07 Å². The molecule has 2 fully saturated rings. The van der Waals surface area contributed by atoms with Crippen LogP contribution in [0.5, 0.6) is 5.75 Å². The maximum absolute atomic E-state index is 11.1. The molecule has 1 aromatic rings. The van der Waals surface area contributed by atoms with Crippen LogP contribution in [0, 0.1) is 16.0 Å². The average molecular weight is 305 g/mol. The van der Waals surface area contributed by atoms with E-state index in [0.717, 1.165) is 31.7 Å². The summed E-state index contributed by atoms with van der Waals surface area (Å²) in [5.74, 6) is 0.307. The highest BCUT2D eigenvalue weighted by molar-refractivity contribution is 5.48. The van der Waals surface area contributed by atoms with Crippen LogP contribution in [-0.4, -0.2) is 41.1 Å². The number of rotatable bonds is 4. The highest BCUT2D eigenvalue weighted by Gasteiger charge is 2.33. The van der Waals surface area contributed by atoms with Gasteiger partial charge in [-0.3, -0.25) is 15.0 Å². The minimum absolute atomic E-state index is 0.185. The third-order valence-corrected chi connectivity index (χ3v) is 4.93. The molecule has 120 valence electrons. The summed E-state index contributed by atoms with van der Waals surface area (Å²) >= 11 is 0. The molecule has 1 saturated carbocycles. The summed E-state index contributed by atoms with van der Waals surface area (Å²) in [7, 11) is 0. The molecule has 6 nitrogen and oxygen atoms in total. The van der Waals surface area contributed by atoms with E-state index in [0.29, 0.717) is 5.92 Å². The fourth-order valence-electron chi connectivity index (χ4n) is 3.89. The lowest BCUT2D eigenvalue weighted by molar-refractivity contribution is -0.386. The molecule has 1 aromatic carbocycles. The number of hydrogen-bond acceptors (Lipinski definition) is 5. The lowest BCUT2D eigenvalue weighted by Gasteiger charge is -2.38. The second-order valence-corrected chi connectivity index (χ2v) is 6.28. The molecule has 0 radical (unpaired) electrons. The van der Waals surface area contributed by atoms with Crippen LogP contribution in [0.2, 0.25) is 0 Å². The van der Waals surface area contributed by atoms with Crippen molar-refractivity contribution in [2.75, 3.05) is 26.2 Å². The van der Waals surface area contributed by atoms with Gasteiger partial charge in [0.15, 0.2) is 5.75 Å². The molecule has 3 rings (SSSR count). The van der Waals surface area contributed by atoms with E-state index in [1.54, 1.807) is 6.07 Å². The molecular weight excluding hydrogens is 282 g/mol. The van der Waals surface area contributed by atoms with E-state index < -0.39 is 4.92 Å². The standard InChI is InChI=1S/C16H23N3O3/c20-15-6-5-13(11-14(15)19(21)22)16(12-3-1-2-4-12)18-9-7-17-8-10-18/h5-6,11-12,16-17,20H,1-4,7-10H2/t16-/m1/s1. The van der Waals surface area contributed by atoms with E-state index in [2.05, 4.69) is 10.2 Å². The maximum Gasteiger partial charge on any atom is 0.311 e. The normalized spacial score (nSPS) is 21.8. The van der Waals surface area contributed by atoms with Crippen LogP contribution >= 0.6 is 0 Å². The van der Waals surface area contributed by atoms with Gasteiger partial charge in [-0.05, 0) is 30.4 Å². The number of phenols is 1. The molecule has 0 unspecified atom stereocenters. The topological polar surface area (TPSA) is 78.6 Å². The van der Waals surface area contributed by atoms with E-state index in [9.17, 15) is 15.2 Å². The number of aromatic hydroxyl groups is 1. The quantitative estimate of drug-likeness (QED) is 0.660. The predicted octanol–water partition coefficient (Wildman–Crippen LogP) is 2.44. The Morgan fingerprint density at radius 1 is 1.27 bits per heavy atom. The number of hydrogen-bond donors (Lipinski definition) is 2. The largest absolute Gasteiger partial charge is 0.502 e. The smallest absolute Gasteiger partial charge is 0.311 e. The first kappa shape index (κ1) is 15.2. The number of phenolic OH excluding ortho intramolecular Hbond substituents is 1. The molecule has 1 aliphatic carbocycles. The van der Waals surface area contributed by atoms with Crippen molar-refractivity contribution in [2.24, 2.45) is 5.92 Å². The Bertz CT molecular complexity index is 537. The molecule has 0 bridgehead atoms. The summed E-state index contributed by atoms with van der Waals surface area (Å²) in [6.07, 6.45) is 4.85. The molecule has 6 heteroatoms. The summed E-state index contributed by atoms with van der Waals surface area (Å²) in [4.78, 5) is 13.1. The monoisotopic (exact) mass is 305 g/mol. The number of nitrogens with one attached hydrogen (secondary N) is 1. The third kappa shape index (κ3) is 3.08. The van der Waals surface area contributed by atoms with Gasteiger partial charge < -0.3 is 10.4 Å². The van der Waals surface area contributed by atoms with Crippen molar-refractivity contribution < 1.29 is 10.0 Å². The van der Waals surface area contributed by atoms with Gasteiger partial charge in [0.2, 0.25) is 0 Å². The first-order chi connectivity index (χ1) is 10.7. The minimum Gasteiger partial charge on any atom is -0.502 e. The lowest BCUT2D eigenvalue weighted by Crippen LogP contribution is -2.46. The highest BCUT2D eigenvalue weighted by atomic mass is 16.6. The Morgan fingerprint density at radius 2 is 1.95 bits per heavy atom. The first-order valence-electron chi connectivity index (χ1n) is 8.09. The minimum atomic E-state index is -0.498. The van der Waals surface area contributed by atoms with Crippen molar-refractivity contribution in [3.8, 4) is 5.75 Å². The predicted molar refractivity (Wildman–Crippen MR) is 83.9 cm³/mol. The van der Waals surface area contributed by atoms with E-state index in [4.69, 9.17) is 0 Å². The Hall–Kier alpha value is -1.66. The molecule has 1 aliphatic heterocycles. The summed E-state index contributed by atoms with van der Waals surface area (Å²) in [5.41, 5.74) is 0.786. The van der Waals surface area contributed by atoms with Crippen molar-refractivity contribution in [3.05, 3.63) is 33.9 Å². The van der Waals surface area contributed by atoms with Crippen molar-refractivity contribution >= 4 is 5.69 Å². The van der Waals surface area contributed by atoms with Crippen LogP contribution < -0.4 is 5.32 Å². The molecule has 0 aromatic heterocycles. The second-order valence-electron chi connectivity index (χ2n) is 6.28. The van der Waals surface area contributed by atoms with Crippen LogP contribution in [0.15, 0.2) is 18.2 Å². The molecule has 2 N–H and O–H groups in total. The zero-order valence-corrected chi connectivity index (χ0v) is 12.7. The maximum atomic E-state index is 11.1. The molecule has 0 amide bonds. The second kappa shape index (κ2) is 6.62. The molecule has 2 aliphatic rings. The lowest BCUT2D eigenvalue weighted by atomic mass is 9.89. The SMILES string of the molecule is O=[N+]([O-])c1cc([C@@H](C2CCCC2)N2CCNCC2)ccc1O. The summed E-state index contributed by atoms with van der Waals surface area (Å²) in [5, 5.41) is 24.2. The molecule has 1 saturated heterocycles. The molecule has 1 heterocycles. The van der Waals surface area contributed by atoms with Gasteiger partial charge in [0.05, 0.1) is 4.92 Å². The first-order valence-corrected chi connectivity index (χ1v) is 8.09. The van der Waals surface area contributed by atoms with E-state index >= 15 is 0 Å². The number of nitrogens with zero attached hydrogens (tertiary/aromatic N) is 2. The number of nitro groups is 1. The van der Waals surface area contributed by atoms with E-state index in [-0.39, 0.29) is 17.5 Å². The Balaban J connectivity index is 1.93. The molecule has 1 atom stereocenters. The Morgan fingerprint density at radius 3 is 2.59 bits per heavy atom. The van der Waals surface area contributed by atoms with Crippen LogP contribution in [-0.2, 0) is 0 Å². The number of benzene rings is 1. The van der Waals surface area contributed by atoms with Crippen molar-refractivity contribution in [1.82, 2.24) is 10.2 Å². The van der Waals surface area contributed by atoms with Gasteiger partial charge in [-0.15, -0.1) is 0 Å². The van der Waals surface area contributed by atoms with Crippen molar-refractivity contribution in [2.45, 2.75) is 31.7 Å². The molecule has 22 heavy (non-hydrogen) atoms. The average Bonchev–Trinajstić information content (AvgIpc) is 3.04. The third-order valence-electron chi connectivity index (χ3n) is 4.93. The fraction of sp³-hybridized carbons (Fsp3) is 0.625. The molecular formula is C16H23N3O3. The summed E-state index contributed by atoms with van der Waals surface area (Å²) in [6.45, 7) is 3.86. The van der Waals surface area contributed by atoms with Gasteiger partial charge in [0.1, 0.15) is 0 Å². The zero-order valence-electron chi connectivity index (χ0n) is 12.7. The van der Waals surface area contributed by atoms with Crippen LogP contribution in [0.4, 0.5) is 5.69 Å². The van der Waals surface area contributed by atoms with Gasteiger partial charge in [0.25, 0.3) is 0 Å². The number of piperazine rings is 1. The summed E-state index contributed by atoms with van der Waals surface area (Å²) < 4.78 is 0.